The molecule has 0 saturated heterocycles. The molecule has 1 saturated carbocycles. The lowest BCUT2D eigenvalue weighted by molar-refractivity contribution is -0.123. The molecular weight excluding hydrogens is 226 g/mol. The largest absolute Gasteiger partial charge is 0.353 e. The van der Waals surface area contributed by atoms with Gasteiger partial charge in [-0.25, -0.2) is 0 Å². The van der Waals surface area contributed by atoms with E-state index in [9.17, 15) is 4.79 Å². The second-order valence-electron chi connectivity index (χ2n) is 5.26. The van der Waals surface area contributed by atoms with Gasteiger partial charge in [0.1, 0.15) is 0 Å². The molecule has 0 spiro atoms. The molecule has 1 fully saturated rings. The zero-order valence-corrected chi connectivity index (χ0v) is 11.6. The summed E-state index contributed by atoms with van der Waals surface area (Å²) in [5.41, 5.74) is 0. The number of amides is 1. The molecule has 1 N–H and O–H groups in total. The van der Waals surface area contributed by atoms with Crippen LogP contribution in [-0.2, 0) is 4.79 Å². The minimum Gasteiger partial charge on any atom is -0.353 e. The Hall–Kier alpha value is -1.08. The highest BCUT2D eigenvalue weighted by atomic mass is 16.2. The summed E-state index contributed by atoms with van der Waals surface area (Å²) in [6.45, 7) is 4.88. The number of carbonyl (C=O) groups is 1. The molecule has 4 heteroatoms. The number of nitrogens with zero attached hydrogens (tertiary/aromatic N) is 2. The number of hydrogen-bond acceptors (Lipinski definition) is 3. The van der Waals surface area contributed by atoms with E-state index in [1.807, 2.05) is 11.8 Å². The summed E-state index contributed by atoms with van der Waals surface area (Å²) in [6, 6.07) is 2.83. The van der Waals surface area contributed by atoms with Gasteiger partial charge in [-0.1, -0.05) is 26.2 Å². The smallest absolute Gasteiger partial charge is 0.234 e. The van der Waals surface area contributed by atoms with Crippen molar-refractivity contribution in [1.82, 2.24) is 10.2 Å². The molecule has 0 radical (unpaired) electrons. The van der Waals surface area contributed by atoms with E-state index in [1.165, 1.54) is 12.8 Å². The molecule has 0 aromatic heterocycles. The van der Waals surface area contributed by atoms with Crippen LogP contribution in [0.25, 0.3) is 0 Å². The average Bonchev–Trinajstić information content (AvgIpc) is 2.81. The minimum absolute atomic E-state index is 0.0538. The lowest BCUT2D eigenvalue weighted by atomic mass is 10.2. The Morgan fingerprint density at radius 1 is 1.50 bits per heavy atom. The Kier molecular flexibility index (Phi) is 6.74. The molecule has 102 valence electrons. The van der Waals surface area contributed by atoms with Gasteiger partial charge in [-0.3, -0.25) is 9.69 Å². The number of nitriles is 1. The number of rotatable bonds is 7. The van der Waals surface area contributed by atoms with E-state index in [2.05, 4.69) is 18.3 Å². The van der Waals surface area contributed by atoms with Crippen LogP contribution in [0.5, 0.6) is 0 Å². The van der Waals surface area contributed by atoms with Gasteiger partial charge in [0.05, 0.1) is 19.2 Å². The van der Waals surface area contributed by atoms with E-state index in [0.717, 1.165) is 25.7 Å². The van der Waals surface area contributed by atoms with E-state index >= 15 is 0 Å². The second kappa shape index (κ2) is 8.10. The van der Waals surface area contributed by atoms with Crippen molar-refractivity contribution in [3.63, 3.8) is 0 Å². The molecule has 0 aromatic rings. The molecular formula is C14H25N3O. The lowest BCUT2D eigenvalue weighted by Gasteiger charge is -2.26. The van der Waals surface area contributed by atoms with Crippen LogP contribution < -0.4 is 5.32 Å². The average molecular weight is 251 g/mol. The molecule has 0 heterocycles. The van der Waals surface area contributed by atoms with Crippen molar-refractivity contribution < 1.29 is 4.79 Å². The summed E-state index contributed by atoms with van der Waals surface area (Å²) in [5.74, 6) is 0.0538. The highest BCUT2D eigenvalue weighted by Gasteiger charge is 2.24. The third-order valence-electron chi connectivity index (χ3n) is 3.59. The number of nitrogens with one attached hydrogen (secondary N) is 1. The van der Waals surface area contributed by atoms with Crippen molar-refractivity contribution in [2.45, 2.75) is 64.5 Å². The molecule has 1 aliphatic carbocycles. The maximum Gasteiger partial charge on any atom is 0.234 e. The first-order valence-electron chi connectivity index (χ1n) is 7.07. The molecule has 1 amide bonds. The van der Waals surface area contributed by atoms with Gasteiger partial charge in [-0.2, -0.15) is 5.26 Å². The normalized spacial score (nSPS) is 17.7. The number of hydrogen-bond donors (Lipinski definition) is 1. The van der Waals surface area contributed by atoms with Gasteiger partial charge in [-0.15, -0.1) is 0 Å². The Morgan fingerprint density at radius 2 is 2.17 bits per heavy atom. The van der Waals surface area contributed by atoms with Crippen LogP contribution in [0.15, 0.2) is 0 Å². The van der Waals surface area contributed by atoms with Crippen LogP contribution in [0.1, 0.15) is 52.4 Å². The maximum absolute atomic E-state index is 11.9. The first kappa shape index (κ1) is 15.0. The van der Waals surface area contributed by atoms with Gasteiger partial charge in [0.2, 0.25) is 5.91 Å². The SMILES string of the molecule is CCCC(C)NC(=O)CN(CC#N)C1CCCC1. The minimum atomic E-state index is 0.0538. The van der Waals surface area contributed by atoms with Gasteiger partial charge in [0, 0.05) is 12.1 Å². The van der Waals surface area contributed by atoms with Crippen molar-refractivity contribution in [3.8, 4) is 6.07 Å². The summed E-state index contributed by atoms with van der Waals surface area (Å²) in [6.07, 6.45) is 6.78. The molecule has 1 atom stereocenters. The monoisotopic (exact) mass is 251 g/mol. The van der Waals surface area contributed by atoms with Crippen molar-refractivity contribution in [2.24, 2.45) is 0 Å². The fraction of sp³-hybridized carbons (Fsp3) is 0.857. The van der Waals surface area contributed by atoms with Crippen LogP contribution >= 0.6 is 0 Å². The van der Waals surface area contributed by atoms with Crippen LogP contribution in [0.3, 0.4) is 0 Å². The van der Waals surface area contributed by atoms with E-state index < -0.39 is 0 Å². The first-order valence-corrected chi connectivity index (χ1v) is 7.07. The highest BCUT2D eigenvalue weighted by molar-refractivity contribution is 5.78. The van der Waals surface area contributed by atoms with Crippen molar-refractivity contribution >= 4 is 5.91 Å². The van der Waals surface area contributed by atoms with Gasteiger partial charge in [-0.05, 0) is 26.2 Å². The predicted molar refractivity (Wildman–Crippen MR) is 72.0 cm³/mol. The number of carbonyl (C=O) groups excluding carboxylic acids is 1. The summed E-state index contributed by atoms with van der Waals surface area (Å²) >= 11 is 0. The quantitative estimate of drug-likeness (QED) is 0.705. The van der Waals surface area contributed by atoms with E-state index in [0.29, 0.717) is 19.1 Å². The molecule has 18 heavy (non-hydrogen) atoms. The summed E-state index contributed by atoms with van der Waals surface area (Å²) in [7, 11) is 0. The van der Waals surface area contributed by atoms with Crippen LogP contribution in [0.4, 0.5) is 0 Å². The third-order valence-corrected chi connectivity index (χ3v) is 3.59. The fourth-order valence-corrected chi connectivity index (χ4v) is 2.68. The third kappa shape index (κ3) is 5.05. The van der Waals surface area contributed by atoms with E-state index in [4.69, 9.17) is 5.26 Å². The van der Waals surface area contributed by atoms with Crippen LogP contribution in [0.2, 0.25) is 0 Å². The van der Waals surface area contributed by atoms with E-state index in [-0.39, 0.29) is 11.9 Å². The molecule has 0 aromatic carbocycles. The maximum atomic E-state index is 11.9. The fourth-order valence-electron chi connectivity index (χ4n) is 2.68. The predicted octanol–water partition coefficient (Wildman–Crippen LogP) is 2.06. The second-order valence-corrected chi connectivity index (χ2v) is 5.26. The first-order chi connectivity index (χ1) is 8.67. The van der Waals surface area contributed by atoms with Crippen LogP contribution in [0, 0.1) is 11.3 Å². The molecule has 1 unspecified atom stereocenters. The van der Waals surface area contributed by atoms with Gasteiger partial charge >= 0.3 is 0 Å². The Morgan fingerprint density at radius 3 is 2.72 bits per heavy atom. The molecule has 1 aliphatic rings. The Labute approximate surface area is 110 Å². The van der Waals surface area contributed by atoms with Crippen molar-refractivity contribution in [2.75, 3.05) is 13.1 Å². The Bertz CT molecular complexity index is 292. The van der Waals surface area contributed by atoms with Gasteiger partial charge in [0.15, 0.2) is 0 Å². The standard InChI is InChI=1S/C14H25N3O/c1-3-6-12(2)16-14(18)11-17(10-9-15)13-7-4-5-8-13/h12-13H,3-8,10-11H2,1-2H3,(H,16,18). The zero-order valence-electron chi connectivity index (χ0n) is 11.6. The summed E-state index contributed by atoms with van der Waals surface area (Å²) < 4.78 is 0. The highest BCUT2D eigenvalue weighted by Crippen LogP contribution is 2.22. The van der Waals surface area contributed by atoms with Gasteiger partial charge in [0.25, 0.3) is 0 Å². The molecule has 0 bridgehead atoms. The zero-order chi connectivity index (χ0) is 13.4. The molecule has 1 rings (SSSR count). The van der Waals surface area contributed by atoms with Crippen molar-refractivity contribution in [1.29, 1.82) is 5.26 Å². The topological polar surface area (TPSA) is 56.1 Å². The summed E-state index contributed by atoms with van der Waals surface area (Å²) in [4.78, 5) is 13.9. The molecule has 0 aliphatic heterocycles. The molecule has 4 nitrogen and oxygen atoms in total. The van der Waals surface area contributed by atoms with Crippen LogP contribution in [-0.4, -0.2) is 36.0 Å². The van der Waals surface area contributed by atoms with Gasteiger partial charge < -0.3 is 5.32 Å². The van der Waals surface area contributed by atoms with E-state index in [1.54, 1.807) is 0 Å². The lowest BCUT2D eigenvalue weighted by Crippen LogP contribution is -2.44. The van der Waals surface area contributed by atoms with Crippen molar-refractivity contribution in [3.05, 3.63) is 0 Å². The summed E-state index contributed by atoms with van der Waals surface area (Å²) in [5, 5.41) is 11.9. The Balaban J connectivity index is 2.40.